The molecule has 0 heterocycles. The van der Waals surface area contributed by atoms with Crippen LogP contribution >= 0.6 is 0 Å². The predicted octanol–water partition coefficient (Wildman–Crippen LogP) is 9.18. The van der Waals surface area contributed by atoms with Crippen molar-refractivity contribution in [2.75, 3.05) is 0 Å². The van der Waals surface area contributed by atoms with Gasteiger partial charge in [-0.25, -0.2) is 0 Å². The van der Waals surface area contributed by atoms with Gasteiger partial charge in [-0.1, -0.05) is 136 Å². The summed E-state index contributed by atoms with van der Waals surface area (Å²) in [5.74, 6) is 0.437. The maximum absolute atomic E-state index is 11.2. The highest BCUT2D eigenvalue weighted by Crippen LogP contribution is 2.15. The van der Waals surface area contributed by atoms with E-state index in [9.17, 15) is 4.79 Å². The molecule has 26 heavy (non-hydrogen) atoms. The summed E-state index contributed by atoms with van der Waals surface area (Å²) in [5.41, 5.74) is 0. The van der Waals surface area contributed by atoms with Crippen molar-refractivity contribution in [2.45, 2.75) is 155 Å². The molecule has 0 aliphatic rings. The molecule has 0 amide bonds. The van der Waals surface area contributed by atoms with Gasteiger partial charge in [0.2, 0.25) is 0 Å². The van der Waals surface area contributed by atoms with E-state index in [1.807, 2.05) is 6.92 Å². The number of rotatable bonds is 22. The minimum Gasteiger partial charge on any atom is -0.300 e. The summed E-state index contributed by atoms with van der Waals surface area (Å²) in [7, 11) is 0. The Morgan fingerprint density at radius 1 is 0.423 bits per heavy atom. The lowest BCUT2D eigenvalue weighted by Gasteiger charge is -2.04. The standard InChI is InChI=1S/C25H50O/c1-3-5-6-7-8-9-10-11-12-13-14-15-16-17-18-19-20-21-22-23-24-25(26)4-2/h3-24H2,1-2H3. The molecular formula is C25H50O. The molecule has 156 valence electrons. The Labute approximate surface area is 166 Å². The molecule has 0 rings (SSSR count). The summed E-state index contributed by atoms with van der Waals surface area (Å²) in [6, 6.07) is 0. The van der Waals surface area contributed by atoms with E-state index in [4.69, 9.17) is 0 Å². The van der Waals surface area contributed by atoms with Gasteiger partial charge in [0.05, 0.1) is 0 Å². The van der Waals surface area contributed by atoms with Crippen molar-refractivity contribution in [1.82, 2.24) is 0 Å². The van der Waals surface area contributed by atoms with Gasteiger partial charge in [0.25, 0.3) is 0 Å². The third-order valence-corrected chi connectivity index (χ3v) is 5.70. The second-order valence-electron chi connectivity index (χ2n) is 8.36. The van der Waals surface area contributed by atoms with E-state index in [0.29, 0.717) is 5.78 Å². The third kappa shape index (κ3) is 21.7. The average Bonchev–Trinajstić information content (AvgIpc) is 2.66. The largest absolute Gasteiger partial charge is 0.300 e. The summed E-state index contributed by atoms with van der Waals surface area (Å²) >= 11 is 0. The highest BCUT2D eigenvalue weighted by molar-refractivity contribution is 5.77. The van der Waals surface area contributed by atoms with E-state index in [-0.39, 0.29) is 0 Å². The SMILES string of the molecule is CCCCCCCCCCCCCCCCCCCCCCC(=O)CC. The summed E-state index contributed by atoms with van der Waals surface area (Å²) in [6.45, 7) is 4.26. The van der Waals surface area contributed by atoms with Gasteiger partial charge >= 0.3 is 0 Å². The molecule has 0 N–H and O–H groups in total. The molecule has 0 radical (unpaired) electrons. The Bertz CT molecular complexity index is 271. The Morgan fingerprint density at radius 2 is 0.692 bits per heavy atom. The Kier molecular flexibility index (Phi) is 22.4. The van der Waals surface area contributed by atoms with Crippen LogP contribution in [0.3, 0.4) is 0 Å². The second kappa shape index (κ2) is 22.7. The minimum atomic E-state index is 0.437. The summed E-state index contributed by atoms with van der Waals surface area (Å²) in [4.78, 5) is 11.2. The lowest BCUT2D eigenvalue weighted by atomic mass is 10.0. The number of ketones is 1. The molecule has 0 aromatic rings. The smallest absolute Gasteiger partial charge is 0.132 e. The Balaban J connectivity index is 3.00. The highest BCUT2D eigenvalue weighted by Gasteiger charge is 1.98. The number of carbonyl (C=O) groups excluding carboxylic acids is 1. The molecule has 0 saturated heterocycles. The average molecular weight is 367 g/mol. The summed E-state index contributed by atoms with van der Waals surface area (Å²) in [5, 5.41) is 0. The third-order valence-electron chi connectivity index (χ3n) is 5.70. The zero-order chi connectivity index (χ0) is 19.1. The van der Waals surface area contributed by atoms with Crippen molar-refractivity contribution in [3.63, 3.8) is 0 Å². The lowest BCUT2D eigenvalue weighted by molar-refractivity contribution is -0.118. The van der Waals surface area contributed by atoms with Crippen molar-refractivity contribution in [3.05, 3.63) is 0 Å². The van der Waals surface area contributed by atoms with E-state index >= 15 is 0 Å². The van der Waals surface area contributed by atoms with Crippen LogP contribution in [0.25, 0.3) is 0 Å². The van der Waals surface area contributed by atoms with Crippen LogP contribution in [0.1, 0.15) is 155 Å². The maximum atomic E-state index is 11.2. The first kappa shape index (κ1) is 25.7. The van der Waals surface area contributed by atoms with Gasteiger partial charge in [-0.05, 0) is 6.42 Å². The van der Waals surface area contributed by atoms with Crippen molar-refractivity contribution < 1.29 is 4.79 Å². The molecule has 0 atom stereocenters. The number of hydrogen-bond acceptors (Lipinski definition) is 1. The molecule has 0 fully saturated rings. The van der Waals surface area contributed by atoms with Gasteiger partial charge in [-0.15, -0.1) is 0 Å². The zero-order valence-corrected chi connectivity index (χ0v) is 18.5. The number of unbranched alkanes of at least 4 members (excludes halogenated alkanes) is 19. The fraction of sp³-hybridized carbons (Fsp3) is 0.960. The molecule has 0 aromatic carbocycles. The Hall–Kier alpha value is -0.330. The van der Waals surface area contributed by atoms with Gasteiger partial charge < -0.3 is 0 Å². The van der Waals surface area contributed by atoms with Gasteiger partial charge in [0.1, 0.15) is 5.78 Å². The molecule has 0 saturated carbocycles. The first-order chi connectivity index (χ1) is 12.8. The maximum Gasteiger partial charge on any atom is 0.132 e. The normalized spacial score (nSPS) is 11.2. The fourth-order valence-corrected chi connectivity index (χ4v) is 3.75. The van der Waals surface area contributed by atoms with Gasteiger partial charge in [-0.3, -0.25) is 4.79 Å². The van der Waals surface area contributed by atoms with Crippen LogP contribution in [0.2, 0.25) is 0 Å². The second-order valence-corrected chi connectivity index (χ2v) is 8.36. The van der Waals surface area contributed by atoms with Gasteiger partial charge in [-0.2, -0.15) is 0 Å². The van der Waals surface area contributed by atoms with E-state index in [0.717, 1.165) is 19.3 Å². The van der Waals surface area contributed by atoms with Crippen LogP contribution in [0.15, 0.2) is 0 Å². The van der Waals surface area contributed by atoms with E-state index in [1.54, 1.807) is 0 Å². The number of Topliss-reactive ketones (excluding diaryl/α,β-unsaturated/α-hetero) is 1. The molecule has 0 aromatic heterocycles. The summed E-state index contributed by atoms with van der Waals surface area (Å²) in [6.07, 6.45) is 29.8. The monoisotopic (exact) mass is 366 g/mol. The number of hydrogen-bond donors (Lipinski definition) is 0. The molecule has 1 heteroatoms. The first-order valence-corrected chi connectivity index (χ1v) is 12.3. The molecule has 1 nitrogen and oxygen atoms in total. The van der Waals surface area contributed by atoms with Gasteiger partial charge in [0, 0.05) is 12.8 Å². The molecule has 0 aliphatic heterocycles. The van der Waals surface area contributed by atoms with Crippen LogP contribution < -0.4 is 0 Å². The lowest BCUT2D eigenvalue weighted by Crippen LogP contribution is -1.94. The van der Waals surface area contributed by atoms with Crippen LogP contribution in [-0.2, 0) is 4.79 Å². The van der Waals surface area contributed by atoms with Crippen LogP contribution in [-0.4, -0.2) is 5.78 Å². The van der Waals surface area contributed by atoms with Crippen LogP contribution in [0, 0.1) is 0 Å². The van der Waals surface area contributed by atoms with Gasteiger partial charge in [0.15, 0.2) is 0 Å². The van der Waals surface area contributed by atoms with E-state index in [2.05, 4.69) is 6.92 Å². The highest BCUT2D eigenvalue weighted by atomic mass is 16.1. The van der Waals surface area contributed by atoms with E-state index < -0.39 is 0 Å². The molecular weight excluding hydrogens is 316 g/mol. The molecule has 0 bridgehead atoms. The Morgan fingerprint density at radius 3 is 0.962 bits per heavy atom. The van der Waals surface area contributed by atoms with E-state index in [1.165, 1.54) is 122 Å². The van der Waals surface area contributed by atoms with Crippen molar-refractivity contribution >= 4 is 5.78 Å². The summed E-state index contributed by atoms with van der Waals surface area (Å²) < 4.78 is 0. The van der Waals surface area contributed by atoms with Crippen molar-refractivity contribution in [2.24, 2.45) is 0 Å². The molecule has 0 unspecified atom stereocenters. The first-order valence-electron chi connectivity index (χ1n) is 12.3. The predicted molar refractivity (Wildman–Crippen MR) is 118 cm³/mol. The molecule has 0 spiro atoms. The zero-order valence-electron chi connectivity index (χ0n) is 18.5. The molecule has 0 aliphatic carbocycles. The number of carbonyl (C=O) groups is 1. The van der Waals surface area contributed by atoms with Crippen LogP contribution in [0.5, 0.6) is 0 Å². The topological polar surface area (TPSA) is 17.1 Å². The quantitative estimate of drug-likeness (QED) is 0.174. The van der Waals surface area contributed by atoms with Crippen molar-refractivity contribution in [3.8, 4) is 0 Å². The minimum absolute atomic E-state index is 0.437. The van der Waals surface area contributed by atoms with Crippen molar-refractivity contribution in [1.29, 1.82) is 0 Å². The fourth-order valence-electron chi connectivity index (χ4n) is 3.75. The van der Waals surface area contributed by atoms with Crippen LogP contribution in [0.4, 0.5) is 0 Å².